The molecule has 2 heterocycles. The highest BCUT2D eigenvalue weighted by molar-refractivity contribution is 9.11. The Morgan fingerprint density at radius 3 is 2.76 bits per heavy atom. The highest BCUT2D eigenvalue weighted by atomic mass is 79.9. The van der Waals surface area contributed by atoms with Gasteiger partial charge in [0.05, 0.1) is 10.5 Å². The van der Waals surface area contributed by atoms with E-state index in [1.807, 2.05) is 0 Å². The molecule has 0 unspecified atom stereocenters. The summed E-state index contributed by atoms with van der Waals surface area (Å²) < 4.78 is 55.3. The topological polar surface area (TPSA) is 125 Å². The lowest BCUT2D eigenvalue weighted by Gasteiger charge is -2.18. The normalized spacial score (nSPS) is 11.9. The lowest BCUT2D eigenvalue weighted by molar-refractivity contribution is -0.138. The molecule has 0 aliphatic rings. The quantitative estimate of drug-likeness (QED) is 0.382. The number of carboxylic acids is 1. The van der Waals surface area contributed by atoms with Crippen molar-refractivity contribution in [2.75, 3.05) is 13.2 Å². The van der Waals surface area contributed by atoms with E-state index in [2.05, 4.69) is 49.7 Å². The van der Waals surface area contributed by atoms with Gasteiger partial charge in [0.2, 0.25) is 11.6 Å². The molecule has 0 bridgehead atoms. The Morgan fingerprint density at radius 1 is 1.41 bits per heavy atom. The number of hydrogen-bond donors (Lipinski definition) is 1. The highest BCUT2D eigenvalue weighted by Crippen LogP contribution is 2.24. The number of aliphatic carboxylic acids is 1. The minimum Gasteiger partial charge on any atom is -0.486 e. The third-order valence-electron chi connectivity index (χ3n) is 2.86. The van der Waals surface area contributed by atoms with Crippen molar-refractivity contribution in [3.63, 3.8) is 0 Å². The zero-order valence-electron chi connectivity index (χ0n) is 14.5. The Morgan fingerprint density at radius 2 is 2.14 bits per heavy atom. The number of hydrogen-bond acceptors (Lipinski definition) is 8. The molecule has 2 rings (SSSR count). The molecular formula is C15H13BrF3N5O5. The van der Waals surface area contributed by atoms with Crippen LogP contribution in [-0.2, 0) is 16.1 Å². The maximum absolute atomic E-state index is 13.9. The summed E-state index contributed by atoms with van der Waals surface area (Å²) in [5, 5.41) is 22.8. The van der Waals surface area contributed by atoms with Gasteiger partial charge in [0.1, 0.15) is 11.6 Å². The SMILES string of the molecule is C=C(F)/C=C(/OCC(F)(F)COc1cc(-c2nnn(CC(=O)O)n2)on1)C(=C)Br. The van der Waals surface area contributed by atoms with E-state index in [9.17, 15) is 18.0 Å². The molecule has 0 saturated carbocycles. The molecule has 14 heteroatoms. The number of allylic oxidation sites excluding steroid dienone is 3. The van der Waals surface area contributed by atoms with E-state index in [4.69, 9.17) is 19.1 Å². The lowest BCUT2D eigenvalue weighted by atomic mass is 10.3. The van der Waals surface area contributed by atoms with E-state index in [0.717, 1.165) is 16.9 Å². The van der Waals surface area contributed by atoms with Gasteiger partial charge in [-0.25, -0.2) is 4.39 Å². The van der Waals surface area contributed by atoms with E-state index in [0.29, 0.717) is 0 Å². The van der Waals surface area contributed by atoms with Crippen molar-refractivity contribution in [3.8, 4) is 17.5 Å². The van der Waals surface area contributed by atoms with Gasteiger partial charge in [0.25, 0.3) is 5.88 Å². The number of halogens is 4. The molecule has 0 aromatic carbocycles. The molecule has 2 aromatic rings. The van der Waals surface area contributed by atoms with E-state index in [1.165, 1.54) is 0 Å². The standard InChI is InChI=1S/C15H13BrF3N5O5/c1-8(17)3-10(9(2)16)27-6-15(18,19)7-28-12-4-11(29-22-12)14-20-23-24(21-14)5-13(25)26/h3-4H,1-2,5-7H2,(H,25,26)/b10-3+. The summed E-state index contributed by atoms with van der Waals surface area (Å²) in [6.07, 6.45) is 0.794. The van der Waals surface area contributed by atoms with Crippen LogP contribution in [0.4, 0.5) is 13.2 Å². The van der Waals surface area contributed by atoms with Crippen molar-refractivity contribution in [1.29, 1.82) is 0 Å². The highest BCUT2D eigenvalue weighted by Gasteiger charge is 2.32. The smallest absolute Gasteiger partial charge is 0.327 e. The van der Waals surface area contributed by atoms with Crippen LogP contribution in [0.2, 0.25) is 0 Å². The maximum Gasteiger partial charge on any atom is 0.327 e. The molecule has 156 valence electrons. The second-order valence-electron chi connectivity index (χ2n) is 5.36. The van der Waals surface area contributed by atoms with E-state index >= 15 is 0 Å². The summed E-state index contributed by atoms with van der Waals surface area (Å²) in [5.74, 6) is -6.29. The van der Waals surface area contributed by atoms with Gasteiger partial charge in [-0.3, -0.25) is 4.79 Å². The first-order valence-electron chi connectivity index (χ1n) is 7.57. The van der Waals surface area contributed by atoms with Gasteiger partial charge >= 0.3 is 11.9 Å². The Hall–Kier alpha value is -3.16. The molecule has 0 fully saturated rings. The molecule has 0 aliphatic carbocycles. The van der Waals surface area contributed by atoms with Gasteiger partial charge in [0.15, 0.2) is 19.8 Å². The number of carbonyl (C=O) groups is 1. The van der Waals surface area contributed by atoms with Crippen molar-refractivity contribution in [1.82, 2.24) is 25.4 Å². The molecule has 0 atom stereocenters. The number of alkyl halides is 2. The Bertz CT molecular complexity index is 942. The van der Waals surface area contributed by atoms with E-state index in [1.54, 1.807) is 0 Å². The Kier molecular flexibility index (Phi) is 7.14. The first-order chi connectivity index (χ1) is 13.6. The van der Waals surface area contributed by atoms with Gasteiger partial charge in [-0.2, -0.15) is 13.6 Å². The number of ether oxygens (including phenoxy) is 2. The zero-order valence-corrected chi connectivity index (χ0v) is 16.1. The Balaban J connectivity index is 1.94. The number of nitrogens with zero attached hydrogens (tertiary/aromatic N) is 5. The van der Waals surface area contributed by atoms with Crippen molar-refractivity contribution in [3.05, 3.63) is 41.4 Å². The van der Waals surface area contributed by atoms with Crippen LogP contribution in [0.25, 0.3) is 11.6 Å². The van der Waals surface area contributed by atoms with Crippen LogP contribution in [0.3, 0.4) is 0 Å². The number of rotatable bonds is 11. The van der Waals surface area contributed by atoms with Crippen LogP contribution in [-0.4, -0.2) is 55.6 Å². The second-order valence-corrected chi connectivity index (χ2v) is 6.32. The third-order valence-corrected chi connectivity index (χ3v) is 3.25. The number of carboxylic acid groups (broad SMARTS) is 1. The molecule has 0 spiro atoms. The first-order valence-corrected chi connectivity index (χ1v) is 8.36. The first kappa shape index (κ1) is 22.1. The largest absolute Gasteiger partial charge is 0.486 e. The molecular weight excluding hydrogens is 467 g/mol. The molecule has 2 aromatic heterocycles. The van der Waals surface area contributed by atoms with Crippen molar-refractivity contribution >= 4 is 21.9 Å². The monoisotopic (exact) mass is 479 g/mol. The van der Waals surface area contributed by atoms with Crippen LogP contribution in [0.1, 0.15) is 0 Å². The summed E-state index contributed by atoms with van der Waals surface area (Å²) in [6.45, 7) is 3.61. The van der Waals surface area contributed by atoms with Crippen molar-refractivity contribution in [2.24, 2.45) is 0 Å². The summed E-state index contributed by atoms with van der Waals surface area (Å²) in [7, 11) is 0. The summed E-state index contributed by atoms with van der Waals surface area (Å²) in [6, 6.07) is 1.12. The molecule has 0 radical (unpaired) electrons. The average molecular weight is 480 g/mol. The van der Waals surface area contributed by atoms with Gasteiger partial charge in [-0.15, -0.1) is 10.2 Å². The Labute approximate surface area is 169 Å². The van der Waals surface area contributed by atoms with E-state index in [-0.39, 0.29) is 27.7 Å². The fraction of sp³-hybridized carbons (Fsp3) is 0.267. The number of tetrazole rings is 1. The average Bonchev–Trinajstić information content (AvgIpc) is 3.25. The maximum atomic E-state index is 13.9. The molecule has 0 aliphatic heterocycles. The van der Waals surface area contributed by atoms with Crippen molar-refractivity contribution < 1.29 is 37.1 Å². The van der Waals surface area contributed by atoms with Crippen LogP contribution in [0.15, 0.2) is 45.9 Å². The fourth-order valence-corrected chi connectivity index (χ4v) is 1.94. The minimum atomic E-state index is -3.47. The van der Waals surface area contributed by atoms with Crippen LogP contribution < -0.4 is 4.74 Å². The van der Waals surface area contributed by atoms with E-state index < -0.39 is 37.5 Å². The number of aromatic nitrogens is 5. The van der Waals surface area contributed by atoms with Crippen molar-refractivity contribution in [2.45, 2.75) is 12.5 Å². The third kappa shape index (κ3) is 7.06. The molecule has 0 saturated heterocycles. The summed E-state index contributed by atoms with van der Waals surface area (Å²) >= 11 is 2.91. The van der Waals surface area contributed by atoms with Gasteiger partial charge in [-0.05, 0) is 26.3 Å². The second kappa shape index (κ2) is 9.36. The zero-order chi connectivity index (χ0) is 21.6. The summed E-state index contributed by atoms with van der Waals surface area (Å²) in [4.78, 5) is 11.4. The van der Waals surface area contributed by atoms with Crippen LogP contribution in [0, 0.1) is 0 Å². The van der Waals surface area contributed by atoms with Crippen LogP contribution >= 0.6 is 15.9 Å². The predicted molar refractivity (Wildman–Crippen MR) is 93.7 cm³/mol. The lowest BCUT2D eigenvalue weighted by Crippen LogP contribution is -2.31. The van der Waals surface area contributed by atoms with Crippen LogP contribution in [0.5, 0.6) is 5.88 Å². The molecule has 29 heavy (non-hydrogen) atoms. The predicted octanol–water partition coefficient (Wildman–Crippen LogP) is 2.72. The van der Waals surface area contributed by atoms with Gasteiger partial charge in [-0.1, -0.05) is 13.2 Å². The minimum absolute atomic E-state index is 0.0533. The summed E-state index contributed by atoms with van der Waals surface area (Å²) in [5.41, 5.74) is 0. The molecule has 1 N–H and O–H groups in total. The molecule has 10 nitrogen and oxygen atoms in total. The van der Waals surface area contributed by atoms with Gasteiger partial charge in [0, 0.05) is 6.08 Å². The molecule has 0 amide bonds. The van der Waals surface area contributed by atoms with Gasteiger partial charge < -0.3 is 19.1 Å². The fourth-order valence-electron chi connectivity index (χ4n) is 1.71.